The van der Waals surface area contributed by atoms with E-state index in [-0.39, 0.29) is 75.4 Å². The van der Waals surface area contributed by atoms with Gasteiger partial charge in [-0.25, -0.2) is 13.2 Å². The molecule has 14 nitrogen and oxygen atoms in total. The van der Waals surface area contributed by atoms with Crippen molar-refractivity contribution >= 4 is 23.8 Å². The van der Waals surface area contributed by atoms with Gasteiger partial charge in [0, 0.05) is 26.0 Å². The number of halogens is 5. The summed E-state index contributed by atoms with van der Waals surface area (Å²) in [5.74, 6) is -15.2. The second-order valence-electron chi connectivity index (χ2n) is 15.1. The van der Waals surface area contributed by atoms with Gasteiger partial charge in [-0.2, -0.15) is 8.78 Å². The molecule has 0 radical (unpaired) electrons. The second kappa shape index (κ2) is 22.5. The minimum absolute atomic E-state index is 0.0115. The maximum absolute atomic E-state index is 13.7. The fourth-order valence-corrected chi connectivity index (χ4v) is 6.75. The van der Waals surface area contributed by atoms with Crippen LogP contribution >= 0.6 is 0 Å². The lowest BCUT2D eigenvalue weighted by Gasteiger charge is -2.39. The number of allylic oxidation sites excluding steroid dienone is 2. The van der Waals surface area contributed by atoms with E-state index in [1.807, 2.05) is 26.0 Å². The second-order valence-corrected chi connectivity index (χ2v) is 15.1. The molecule has 4 rings (SSSR count). The molecule has 9 atom stereocenters. The highest BCUT2D eigenvalue weighted by molar-refractivity contribution is 5.87. The molecule has 1 aromatic rings. The van der Waals surface area contributed by atoms with Crippen LogP contribution in [-0.2, 0) is 47.6 Å². The summed E-state index contributed by atoms with van der Waals surface area (Å²) in [6.07, 6.45) is 6.67. The first-order chi connectivity index (χ1) is 28.4. The van der Waals surface area contributed by atoms with Gasteiger partial charge in [0.15, 0.2) is 0 Å². The summed E-state index contributed by atoms with van der Waals surface area (Å²) >= 11 is 0. The number of ether oxygens (including phenoxy) is 7. The molecule has 3 N–H and O–H groups in total. The van der Waals surface area contributed by atoms with Crippen LogP contribution < -0.4 is 15.4 Å². The number of carbonyl (C=O) groups excluding carboxylic acids is 4. The largest absolute Gasteiger partial charge is 0.459 e. The monoisotopic (exact) mass is 860 g/mol. The molecule has 3 fully saturated rings. The summed E-state index contributed by atoms with van der Waals surface area (Å²) in [5.41, 5.74) is 0.129. The highest BCUT2D eigenvalue weighted by Crippen LogP contribution is 2.43. The van der Waals surface area contributed by atoms with E-state index in [2.05, 4.69) is 22.3 Å². The molecule has 2 amide bonds. The molecule has 0 saturated carbocycles. The van der Waals surface area contributed by atoms with Crippen LogP contribution in [-0.4, -0.2) is 117 Å². The number of aliphatic hydroxyl groups is 1. The van der Waals surface area contributed by atoms with Gasteiger partial charge in [-0.1, -0.05) is 30.7 Å². The Bertz CT molecular complexity index is 1740. The van der Waals surface area contributed by atoms with Crippen molar-refractivity contribution in [2.45, 2.75) is 115 Å². The lowest BCUT2D eigenvalue weighted by Crippen LogP contribution is -2.51. The summed E-state index contributed by atoms with van der Waals surface area (Å²) in [6.45, 7) is 9.24. The average Bonchev–Trinajstić information content (AvgIpc) is 3.97. The van der Waals surface area contributed by atoms with Crippen LogP contribution in [0.3, 0.4) is 0 Å². The van der Waals surface area contributed by atoms with E-state index < -0.39 is 83.2 Å². The minimum Gasteiger partial charge on any atom is -0.459 e. The lowest BCUT2D eigenvalue weighted by molar-refractivity contribution is -0.145. The number of amides is 2. The molecule has 3 saturated heterocycles. The number of aliphatic hydroxyl groups excluding tert-OH is 1. The Hall–Kier alpha value is -4.27. The molecule has 1 spiro atoms. The van der Waals surface area contributed by atoms with E-state index in [9.17, 15) is 46.2 Å². The summed E-state index contributed by atoms with van der Waals surface area (Å²) in [6, 6.07) is -0.186. The zero-order chi connectivity index (χ0) is 44.1. The molecule has 1 aromatic carbocycles. The van der Waals surface area contributed by atoms with Gasteiger partial charge in [0.25, 0.3) is 0 Å². The third-order valence-electron chi connectivity index (χ3n) is 10.1. The van der Waals surface area contributed by atoms with E-state index in [1.165, 1.54) is 19.1 Å². The first-order valence-corrected chi connectivity index (χ1v) is 19.7. The normalized spacial score (nSPS) is 27.2. The molecule has 3 aliphatic rings. The quantitative estimate of drug-likeness (QED) is 0.0196. The molecule has 0 unspecified atom stereocenters. The summed E-state index contributed by atoms with van der Waals surface area (Å²) < 4.78 is 105. The summed E-state index contributed by atoms with van der Waals surface area (Å²) in [4.78, 5) is 48.0. The summed E-state index contributed by atoms with van der Waals surface area (Å²) in [7, 11) is 0. The number of rotatable bonds is 20. The van der Waals surface area contributed by atoms with Gasteiger partial charge < -0.3 is 48.9 Å². The van der Waals surface area contributed by atoms with Gasteiger partial charge in [0.1, 0.15) is 23.9 Å². The minimum atomic E-state index is -2.37. The van der Waals surface area contributed by atoms with Crippen LogP contribution in [0.5, 0.6) is 5.75 Å². The fourth-order valence-electron chi connectivity index (χ4n) is 6.75. The maximum Gasteiger partial charge on any atom is 0.313 e. The molecular formula is C41H53F5N2O12. The first kappa shape index (κ1) is 48.4. The van der Waals surface area contributed by atoms with Crippen LogP contribution in [0, 0.1) is 35.0 Å². The van der Waals surface area contributed by atoms with Gasteiger partial charge in [-0.15, -0.1) is 0 Å². The number of carbonyl (C=O) groups is 4. The van der Waals surface area contributed by atoms with Crippen molar-refractivity contribution in [2.75, 3.05) is 39.6 Å². The van der Waals surface area contributed by atoms with E-state index >= 15 is 0 Å². The number of hydrogen-bond donors (Lipinski definition) is 3. The van der Waals surface area contributed by atoms with Crippen LogP contribution in [0.25, 0.3) is 0 Å². The Labute approximate surface area is 344 Å². The van der Waals surface area contributed by atoms with E-state index in [4.69, 9.17) is 28.4 Å². The lowest BCUT2D eigenvalue weighted by atomic mass is 9.87. The molecule has 334 valence electrons. The van der Waals surface area contributed by atoms with Crippen molar-refractivity contribution in [1.82, 2.24) is 10.6 Å². The van der Waals surface area contributed by atoms with Crippen molar-refractivity contribution < 1.29 is 79.4 Å². The molecule has 0 aromatic heterocycles. The molecule has 60 heavy (non-hydrogen) atoms. The fraction of sp³-hybridized carbons (Fsp3) is 0.610. The zero-order valence-corrected chi connectivity index (χ0v) is 34.1. The smallest absolute Gasteiger partial charge is 0.313 e. The van der Waals surface area contributed by atoms with Crippen molar-refractivity contribution in [2.24, 2.45) is 5.92 Å². The van der Waals surface area contributed by atoms with E-state index in [0.717, 1.165) is 5.57 Å². The molecule has 0 aliphatic carbocycles. The summed E-state index contributed by atoms with van der Waals surface area (Å²) in [5, 5.41) is 16.7. The van der Waals surface area contributed by atoms with Crippen molar-refractivity contribution in [1.29, 1.82) is 0 Å². The Kier molecular flexibility index (Phi) is 18.2. The Morgan fingerprint density at radius 1 is 0.933 bits per heavy atom. The maximum atomic E-state index is 13.7. The standard InChI is InChI=1S/C41H53F5N2O12/c1-22(6-9-29-23(2)18-28(25(4)58-29)48-31(50)11-8-24(3)57-26(5)49)7-10-30-40(53)41(21-56-41)20-27(59-30)19-32(51)47-13-15-55-17-16-54-14-12-33(52)60-39-37(45)35(43)34(42)36(44)38(39)46/h6-8,10-11,23-25,27-30,40,53H,9,12-21H2,1-5H3,(H,47,51)(H,48,50)/b10-7+,11-8-,22-6+/t23-,24-,25+,27+,28+,29-,30+,40+,41+/m0/s1. The Morgan fingerprint density at radius 3 is 2.23 bits per heavy atom. The number of epoxide rings is 1. The van der Waals surface area contributed by atoms with Crippen LogP contribution in [0.1, 0.15) is 66.7 Å². The van der Waals surface area contributed by atoms with Crippen LogP contribution in [0.4, 0.5) is 22.0 Å². The van der Waals surface area contributed by atoms with Gasteiger partial charge in [0.05, 0.1) is 70.2 Å². The molecule has 0 bridgehead atoms. The van der Waals surface area contributed by atoms with E-state index in [1.54, 1.807) is 13.0 Å². The van der Waals surface area contributed by atoms with Crippen molar-refractivity contribution in [3.63, 3.8) is 0 Å². The SMILES string of the molecule is CC(=O)O[C@@H](C)/C=C\C(=O)N[C@@H]1C[C@H](C)[C@H](C/C=C(C)/C=C/[C@H]2O[C@H](CC(=O)NCCOCCOCCC(=O)Oc3c(F)c(F)c(F)c(F)c3F)C[C@@]3(CO3)[C@@H]2O)O[C@@H]1C. The first-order valence-electron chi connectivity index (χ1n) is 19.7. The number of hydrogen-bond acceptors (Lipinski definition) is 12. The highest BCUT2D eigenvalue weighted by Gasteiger charge is 2.58. The Balaban J connectivity index is 1.12. The predicted molar refractivity (Wildman–Crippen MR) is 202 cm³/mol. The highest BCUT2D eigenvalue weighted by atomic mass is 19.2. The topological polar surface area (TPSA) is 180 Å². The third-order valence-corrected chi connectivity index (χ3v) is 10.1. The Morgan fingerprint density at radius 2 is 1.58 bits per heavy atom. The van der Waals surface area contributed by atoms with Crippen molar-refractivity contribution in [3.8, 4) is 5.75 Å². The number of benzene rings is 1. The molecular weight excluding hydrogens is 807 g/mol. The van der Waals surface area contributed by atoms with Crippen LogP contribution in [0.15, 0.2) is 36.0 Å². The predicted octanol–water partition coefficient (Wildman–Crippen LogP) is 4.20. The van der Waals surface area contributed by atoms with Gasteiger partial charge in [-0.3, -0.25) is 19.2 Å². The third kappa shape index (κ3) is 14.2. The number of esters is 2. The molecule has 19 heteroatoms. The molecule has 3 heterocycles. The van der Waals surface area contributed by atoms with Crippen molar-refractivity contribution in [3.05, 3.63) is 65.0 Å². The van der Waals surface area contributed by atoms with Gasteiger partial charge in [0.2, 0.25) is 46.6 Å². The number of nitrogens with one attached hydrogen (secondary N) is 2. The van der Waals surface area contributed by atoms with Gasteiger partial charge >= 0.3 is 11.9 Å². The average molecular weight is 861 g/mol. The molecule has 3 aliphatic heterocycles. The zero-order valence-electron chi connectivity index (χ0n) is 34.1. The van der Waals surface area contributed by atoms with Crippen LogP contribution in [0.2, 0.25) is 0 Å². The van der Waals surface area contributed by atoms with Gasteiger partial charge in [-0.05, 0) is 45.6 Å². The van der Waals surface area contributed by atoms with E-state index in [0.29, 0.717) is 25.9 Å².